The van der Waals surface area contributed by atoms with Gasteiger partial charge >= 0.3 is 0 Å². The van der Waals surface area contributed by atoms with Crippen LogP contribution in [0.25, 0.3) is 0 Å². The van der Waals surface area contributed by atoms with E-state index in [0.717, 1.165) is 24.5 Å². The highest BCUT2D eigenvalue weighted by Gasteiger charge is 2.15. The van der Waals surface area contributed by atoms with Crippen molar-refractivity contribution in [2.75, 3.05) is 13.1 Å². The van der Waals surface area contributed by atoms with E-state index in [9.17, 15) is 0 Å². The van der Waals surface area contributed by atoms with Gasteiger partial charge in [-0.3, -0.25) is 4.98 Å². The summed E-state index contributed by atoms with van der Waals surface area (Å²) >= 11 is 6.15. The maximum atomic E-state index is 6.15. The van der Waals surface area contributed by atoms with E-state index in [1.807, 2.05) is 12.3 Å². The van der Waals surface area contributed by atoms with E-state index in [1.54, 1.807) is 6.20 Å². The lowest BCUT2D eigenvalue weighted by atomic mass is 9.89. The van der Waals surface area contributed by atoms with E-state index >= 15 is 0 Å². The molecule has 0 saturated heterocycles. The largest absolute Gasteiger partial charge is 0.316 e. The van der Waals surface area contributed by atoms with Gasteiger partial charge in [-0.1, -0.05) is 32.4 Å². The molecule has 96 valence electrons. The van der Waals surface area contributed by atoms with Crippen LogP contribution in [0.15, 0.2) is 18.5 Å². The minimum absolute atomic E-state index is 0.626. The highest BCUT2D eigenvalue weighted by atomic mass is 35.5. The molecule has 0 radical (unpaired) electrons. The lowest BCUT2D eigenvalue weighted by Gasteiger charge is -2.21. The van der Waals surface area contributed by atoms with Crippen LogP contribution in [0.4, 0.5) is 0 Å². The molecule has 17 heavy (non-hydrogen) atoms. The molecule has 1 rings (SSSR count). The second kappa shape index (κ2) is 7.67. The fourth-order valence-corrected chi connectivity index (χ4v) is 2.06. The van der Waals surface area contributed by atoms with Crippen LogP contribution in [0, 0.1) is 11.8 Å². The topological polar surface area (TPSA) is 24.9 Å². The van der Waals surface area contributed by atoms with Gasteiger partial charge in [-0.2, -0.15) is 0 Å². The summed E-state index contributed by atoms with van der Waals surface area (Å²) in [4.78, 5) is 4.02. The van der Waals surface area contributed by atoms with Crippen LogP contribution in [-0.2, 0) is 6.42 Å². The van der Waals surface area contributed by atoms with Crippen LogP contribution in [0.5, 0.6) is 0 Å². The summed E-state index contributed by atoms with van der Waals surface area (Å²) in [6.07, 6.45) is 5.75. The van der Waals surface area contributed by atoms with Crippen LogP contribution in [0.3, 0.4) is 0 Å². The third-order valence-electron chi connectivity index (χ3n) is 3.11. The maximum absolute atomic E-state index is 6.15. The summed E-state index contributed by atoms with van der Waals surface area (Å²) < 4.78 is 0. The van der Waals surface area contributed by atoms with Crippen LogP contribution in [-0.4, -0.2) is 18.1 Å². The van der Waals surface area contributed by atoms with Crippen molar-refractivity contribution in [3.63, 3.8) is 0 Å². The molecule has 0 aliphatic heterocycles. The number of hydrogen-bond donors (Lipinski definition) is 1. The molecule has 2 nitrogen and oxygen atoms in total. The summed E-state index contributed by atoms with van der Waals surface area (Å²) in [6, 6.07) is 2.03. The molecule has 0 saturated carbocycles. The molecule has 0 aromatic carbocycles. The Morgan fingerprint density at radius 3 is 2.76 bits per heavy atom. The minimum atomic E-state index is 0.626. The first-order valence-corrected chi connectivity index (χ1v) is 6.82. The first-order chi connectivity index (χ1) is 8.15. The Kier molecular flexibility index (Phi) is 6.53. The van der Waals surface area contributed by atoms with E-state index in [4.69, 9.17) is 11.6 Å². The highest BCUT2D eigenvalue weighted by Crippen LogP contribution is 2.21. The zero-order valence-electron chi connectivity index (χ0n) is 11.0. The van der Waals surface area contributed by atoms with Gasteiger partial charge in [0.2, 0.25) is 0 Å². The van der Waals surface area contributed by atoms with Crippen LogP contribution in [0.1, 0.15) is 32.8 Å². The van der Waals surface area contributed by atoms with Crippen molar-refractivity contribution >= 4 is 11.6 Å². The summed E-state index contributed by atoms with van der Waals surface area (Å²) in [6.45, 7) is 8.88. The fourth-order valence-electron chi connectivity index (χ4n) is 1.86. The second-order valence-electron chi connectivity index (χ2n) is 4.88. The lowest BCUT2D eigenvalue weighted by Crippen LogP contribution is -2.28. The van der Waals surface area contributed by atoms with Gasteiger partial charge in [0.15, 0.2) is 0 Å². The Labute approximate surface area is 110 Å². The third-order valence-corrected chi connectivity index (χ3v) is 3.45. The van der Waals surface area contributed by atoms with E-state index in [-0.39, 0.29) is 0 Å². The van der Waals surface area contributed by atoms with Gasteiger partial charge in [-0.05, 0) is 49.4 Å². The first kappa shape index (κ1) is 14.5. The van der Waals surface area contributed by atoms with E-state index in [0.29, 0.717) is 11.8 Å². The van der Waals surface area contributed by atoms with Gasteiger partial charge in [0.25, 0.3) is 0 Å². The molecule has 1 atom stereocenters. The lowest BCUT2D eigenvalue weighted by molar-refractivity contribution is 0.361. The molecule has 0 amide bonds. The Bertz CT molecular complexity index is 326. The Morgan fingerprint density at radius 1 is 1.41 bits per heavy atom. The van der Waals surface area contributed by atoms with Gasteiger partial charge in [-0.15, -0.1) is 0 Å². The van der Waals surface area contributed by atoms with E-state index in [2.05, 4.69) is 31.1 Å². The zero-order chi connectivity index (χ0) is 12.7. The summed E-state index contributed by atoms with van der Waals surface area (Å²) in [5.74, 6) is 1.28. The SMILES string of the molecule is CCCNCC(Cc1ccncc1Cl)C(C)C. The first-order valence-electron chi connectivity index (χ1n) is 6.44. The Hall–Kier alpha value is -0.600. The van der Waals surface area contributed by atoms with Crippen LogP contribution >= 0.6 is 11.6 Å². The normalized spacial score (nSPS) is 13.0. The predicted molar refractivity (Wildman–Crippen MR) is 74.4 cm³/mol. The molecule has 1 heterocycles. The summed E-state index contributed by atoms with van der Waals surface area (Å²) in [7, 11) is 0. The highest BCUT2D eigenvalue weighted by molar-refractivity contribution is 6.31. The molecule has 1 N–H and O–H groups in total. The van der Waals surface area contributed by atoms with Crippen LogP contribution in [0.2, 0.25) is 5.02 Å². The third kappa shape index (κ3) is 5.05. The van der Waals surface area contributed by atoms with Crippen molar-refractivity contribution < 1.29 is 0 Å². The molecule has 1 aromatic rings. The van der Waals surface area contributed by atoms with Gasteiger partial charge in [-0.25, -0.2) is 0 Å². The van der Waals surface area contributed by atoms with Crippen molar-refractivity contribution in [1.82, 2.24) is 10.3 Å². The molecule has 0 aliphatic carbocycles. The molecule has 3 heteroatoms. The average molecular weight is 255 g/mol. The van der Waals surface area contributed by atoms with Crippen molar-refractivity contribution in [3.05, 3.63) is 29.0 Å². The standard InChI is InChI=1S/C14H23ClN2/c1-4-6-16-9-13(11(2)3)8-12-5-7-17-10-14(12)15/h5,7,10-11,13,16H,4,6,8-9H2,1-3H3. The van der Waals surface area contributed by atoms with Crippen molar-refractivity contribution in [2.45, 2.75) is 33.6 Å². The van der Waals surface area contributed by atoms with Crippen molar-refractivity contribution in [3.8, 4) is 0 Å². The molecule has 0 aliphatic rings. The molecule has 0 fully saturated rings. The number of halogens is 1. The zero-order valence-corrected chi connectivity index (χ0v) is 11.8. The number of hydrogen-bond acceptors (Lipinski definition) is 2. The number of nitrogens with zero attached hydrogens (tertiary/aromatic N) is 1. The number of aromatic nitrogens is 1. The quantitative estimate of drug-likeness (QED) is 0.753. The average Bonchev–Trinajstić information content (AvgIpc) is 2.30. The van der Waals surface area contributed by atoms with Crippen molar-refractivity contribution in [1.29, 1.82) is 0 Å². The van der Waals surface area contributed by atoms with Gasteiger partial charge in [0.05, 0.1) is 5.02 Å². The molecule has 0 bridgehead atoms. The molecule has 1 aromatic heterocycles. The molecular weight excluding hydrogens is 232 g/mol. The second-order valence-corrected chi connectivity index (χ2v) is 5.29. The van der Waals surface area contributed by atoms with Gasteiger partial charge in [0, 0.05) is 12.4 Å². The smallest absolute Gasteiger partial charge is 0.0621 e. The van der Waals surface area contributed by atoms with E-state index < -0.39 is 0 Å². The minimum Gasteiger partial charge on any atom is -0.316 e. The molecule has 1 unspecified atom stereocenters. The summed E-state index contributed by atoms with van der Waals surface area (Å²) in [5, 5.41) is 4.28. The fraction of sp³-hybridized carbons (Fsp3) is 0.643. The number of pyridine rings is 1. The molecular formula is C14H23ClN2. The summed E-state index contributed by atoms with van der Waals surface area (Å²) in [5.41, 5.74) is 1.21. The predicted octanol–water partition coefficient (Wildman–Crippen LogP) is 3.55. The van der Waals surface area contributed by atoms with E-state index in [1.165, 1.54) is 12.0 Å². The monoisotopic (exact) mass is 254 g/mol. The number of nitrogens with one attached hydrogen (secondary N) is 1. The Balaban J connectivity index is 2.57. The number of rotatable bonds is 7. The maximum Gasteiger partial charge on any atom is 0.0621 e. The van der Waals surface area contributed by atoms with Crippen molar-refractivity contribution in [2.24, 2.45) is 11.8 Å². The van der Waals surface area contributed by atoms with Gasteiger partial charge < -0.3 is 5.32 Å². The van der Waals surface area contributed by atoms with Gasteiger partial charge in [0.1, 0.15) is 0 Å². The van der Waals surface area contributed by atoms with Crippen LogP contribution < -0.4 is 5.32 Å². The molecule has 0 spiro atoms. The Morgan fingerprint density at radius 2 is 2.18 bits per heavy atom.